The first-order valence-electron chi connectivity index (χ1n) is 12.8. The summed E-state index contributed by atoms with van der Waals surface area (Å²) in [5.41, 5.74) is -0.641. The molecule has 6 nitrogen and oxygen atoms in total. The average Bonchev–Trinajstić information content (AvgIpc) is 3.10. The van der Waals surface area contributed by atoms with E-state index >= 15 is 0 Å². The van der Waals surface area contributed by atoms with Crippen LogP contribution < -0.4 is 4.90 Å². The van der Waals surface area contributed by atoms with E-state index in [4.69, 9.17) is 11.0 Å². The highest BCUT2D eigenvalue weighted by Crippen LogP contribution is 2.34. The summed E-state index contributed by atoms with van der Waals surface area (Å²) in [5, 5.41) is 4.18. The molecule has 0 amide bonds. The summed E-state index contributed by atoms with van der Waals surface area (Å²) in [4.78, 5) is 16.2. The number of carbonyl (C=O) groups excluding carboxylic acids is 1. The first-order chi connectivity index (χ1) is 17.3. The van der Waals surface area contributed by atoms with Crippen LogP contribution in [0.15, 0.2) is 24.3 Å². The van der Waals surface area contributed by atoms with Crippen LogP contribution in [0.3, 0.4) is 0 Å². The van der Waals surface area contributed by atoms with Crippen LogP contribution in [0.25, 0.3) is 5.65 Å². The van der Waals surface area contributed by atoms with Crippen molar-refractivity contribution in [2.45, 2.75) is 26.4 Å². The Morgan fingerprint density at radius 3 is 2.67 bits per heavy atom. The molecule has 0 bridgehead atoms. The fourth-order valence-corrected chi connectivity index (χ4v) is 3.25. The molecule has 0 radical (unpaired) electrons. The number of rotatable bonds is 4. The van der Waals surface area contributed by atoms with Crippen LogP contribution in [0, 0.1) is 13.8 Å². The van der Waals surface area contributed by atoms with Crippen molar-refractivity contribution in [3.05, 3.63) is 57.9 Å². The molecule has 0 aliphatic carbocycles. The number of halogens is 3. The number of hydrogen-bond donors (Lipinski definition) is 0. The van der Waals surface area contributed by atoms with E-state index in [9.17, 15) is 18.0 Å². The van der Waals surface area contributed by atoms with E-state index in [1.165, 1.54) is 26.0 Å². The molecule has 0 spiro atoms. The second kappa shape index (κ2) is 7.71. The number of hydrogen-bond acceptors (Lipinski definition) is 5. The summed E-state index contributed by atoms with van der Waals surface area (Å²) < 4.78 is 111. The van der Waals surface area contributed by atoms with Gasteiger partial charge in [-0.25, -0.2) is 9.50 Å². The molecule has 1 fully saturated rings. The summed E-state index contributed by atoms with van der Waals surface area (Å²) >= 11 is 0. The van der Waals surface area contributed by atoms with Gasteiger partial charge in [-0.1, -0.05) is 12.1 Å². The van der Waals surface area contributed by atoms with Gasteiger partial charge in [0.1, 0.15) is 11.5 Å². The van der Waals surface area contributed by atoms with Crippen molar-refractivity contribution in [2.75, 3.05) is 31.0 Å². The largest absolute Gasteiger partial charge is 0.416 e. The first kappa shape index (κ1) is 12.7. The maximum Gasteiger partial charge on any atom is 0.416 e. The zero-order valence-corrected chi connectivity index (χ0v) is 15.8. The van der Waals surface area contributed by atoms with Crippen molar-refractivity contribution in [2.24, 2.45) is 0 Å². The quantitative estimate of drug-likeness (QED) is 0.597. The SMILES string of the molecule is [2H]C1([2H])OC([2H])([2H])C([2H])([2H])N(c2cc(C)c3nc(C=O)c(Cc4cccc(C(F)(F)F)c4C)n3n2)C1([2H])[2H]. The number of imidazole rings is 1. The van der Waals surface area contributed by atoms with Gasteiger partial charge in [0.15, 0.2) is 11.9 Å². The van der Waals surface area contributed by atoms with Crippen LogP contribution in [-0.4, -0.2) is 47.0 Å². The van der Waals surface area contributed by atoms with Crippen LogP contribution in [-0.2, 0) is 17.3 Å². The third kappa shape index (κ3) is 3.65. The molecule has 3 heterocycles. The minimum atomic E-state index is -4.62. The molecule has 1 saturated heterocycles. The highest BCUT2D eigenvalue weighted by molar-refractivity contribution is 5.77. The van der Waals surface area contributed by atoms with Gasteiger partial charge in [-0.3, -0.25) is 4.79 Å². The monoisotopic (exact) mass is 426 g/mol. The van der Waals surface area contributed by atoms with Gasteiger partial charge in [0.25, 0.3) is 0 Å². The third-order valence-electron chi connectivity index (χ3n) is 4.75. The Morgan fingerprint density at radius 1 is 1.27 bits per heavy atom. The Morgan fingerprint density at radius 2 is 2.00 bits per heavy atom. The van der Waals surface area contributed by atoms with Gasteiger partial charge < -0.3 is 9.64 Å². The van der Waals surface area contributed by atoms with Crippen molar-refractivity contribution in [3.8, 4) is 0 Å². The van der Waals surface area contributed by atoms with Crippen molar-refractivity contribution < 1.29 is 33.7 Å². The third-order valence-corrected chi connectivity index (χ3v) is 4.75. The molecular weight excluding hydrogens is 397 g/mol. The van der Waals surface area contributed by atoms with E-state index in [2.05, 4.69) is 14.8 Å². The average molecular weight is 426 g/mol. The summed E-state index contributed by atoms with van der Waals surface area (Å²) in [5.74, 6) is -0.557. The number of benzene rings is 1. The second-order valence-corrected chi connectivity index (χ2v) is 6.61. The lowest BCUT2D eigenvalue weighted by molar-refractivity contribution is -0.138. The van der Waals surface area contributed by atoms with Gasteiger partial charge in [0, 0.05) is 19.4 Å². The minimum absolute atomic E-state index is 0.0165. The van der Waals surface area contributed by atoms with Gasteiger partial charge in [0.05, 0.1) is 35.3 Å². The molecule has 2 aromatic heterocycles. The number of aromatic nitrogens is 3. The molecule has 1 aliphatic heterocycles. The number of aryl methyl sites for hydroxylation is 1. The fourth-order valence-electron chi connectivity index (χ4n) is 3.25. The lowest BCUT2D eigenvalue weighted by atomic mass is 9.98. The molecule has 0 saturated carbocycles. The van der Waals surface area contributed by atoms with Gasteiger partial charge in [0.2, 0.25) is 0 Å². The molecule has 0 atom stereocenters. The maximum absolute atomic E-state index is 13.5. The fraction of sp³-hybridized carbons (Fsp3) is 0.381. The molecular formula is C21H21F3N4O2. The summed E-state index contributed by atoms with van der Waals surface area (Å²) in [6, 6.07) is 4.69. The predicted molar refractivity (Wildman–Crippen MR) is 105 cm³/mol. The molecule has 1 aliphatic rings. The van der Waals surface area contributed by atoms with Gasteiger partial charge in [-0.2, -0.15) is 13.2 Å². The van der Waals surface area contributed by atoms with Crippen LogP contribution >= 0.6 is 0 Å². The molecule has 9 heteroatoms. The Kier molecular flexibility index (Phi) is 3.26. The van der Waals surface area contributed by atoms with Crippen molar-refractivity contribution >= 4 is 17.8 Å². The van der Waals surface area contributed by atoms with Crippen LogP contribution in [0.4, 0.5) is 19.0 Å². The van der Waals surface area contributed by atoms with E-state index in [1.807, 2.05) is 0 Å². The van der Waals surface area contributed by atoms with Crippen molar-refractivity contribution in [1.82, 2.24) is 14.6 Å². The van der Waals surface area contributed by atoms with Crippen molar-refractivity contribution in [1.29, 1.82) is 0 Å². The smallest absolute Gasteiger partial charge is 0.378 e. The highest BCUT2D eigenvalue weighted by atomic mass is 19.4. The lowest BCUT2D eigenvalue weighted by Gasteiger charge is -2.28. The molecule has 30 heavy (non-hydrogen) atoms. The molecule has 3 aromatic rings. The number of fused-ring (bicyclic) bond motifs is 1. The zero-order valence-electron chi connectivity index (χ0n) is 23.8. The van der Waals surface area contributed by atoms with Gasteiger partial charge >= 0.3 is 6.18 Å². The molecule has 4 rings (SSSR count). The summed E-state index contributed by atoms with van der Waals surface area (Å²) in [6.07, 6.45) is -4.51. The highest BCUT2D eigenvalue weighted by Gasteiger charge is 2.33. The van der Waals surface area contributed by atoms with Gasteiger partial charge in [-0.05, 0) is 42.7 Å². The van der Waals surface area contributed by atoms with E-state index < -0.39 is 43.7 Å². The molecule has 158 valence electrons. The standard InChI is InChI=1S/C21H21F3N4O2/c1-13-10-19(27-6-8-30-9-7-27)26-28-18(17(12-29)25-20(13)28)11-15-4-3-5-16(14(15)2)21(22,23)24/h3-5,10,12H,6-9,11H2,1-2H3/i6D2,7D2,8D2,9D2. The number of alkyl halides is 3. The Bertz CT molecular complexity index is 1420. The van der Waals surface area contributed by atoms with Gasteiger partial charge in [-0.15, -0.1) is 5.10 Å². The molecule has 0 unspecified atom stereocenters. The van der Waals surface area contributed by atoms with E-state index in [-0.39, 0.29) is 45.0 Å². The lowest BCUT2D eigenvalue weighted by Crippen LogP contribution is -2.37. The number of carbonyl (C=O) groups is 1. The van der Waals surface area contributed by atoms with E-state index in [0.717, 1.165) is 16.6 Å². The predicted octanol–water partition coefficient (Wildman–Crippen LogP) is 3.60. The Labute approximate surface area is 182 Å². The number of aldehydes is 1. The second-order valence-electron chi connectivity index (χ2n) is 6.61. The van der Waals surface area contributed by atoms with E-state index in [1.54, 1.807) is 0 Å². The van der Waals surface area contributed by atoms with Crippen LogP contribution in [0.5, 0.6) is 0 Å². The minimum Gasteiger partial charge on any atom is -0.378 e. The number of anilines is 1. The van der Waals surface area contributed by atoms with Crippen molar-refractivity contribution in [3.63, 3.8) is 0 Å². The maximum atomic E-state index is 13.5. The number of morpholine rings is 1. The Balaban J connectivity index is 1.95. The summed E-state index contributed by atoms with van der Waals surface area (Å²) in [7, 11) is 0. The van der Waals surface area contributed by atoms with Crippen LogP contribution in [0.2, 0.25) is 0 Å². The topological polar surface area (TPSA) is 59.7 Å². The Hall–Kier alpha value is -2.94. The molecule has 0 N–H and O–H groups in total. The number of nitrogens with zero attached hydrogens (tertiary/aromatic N) is 4. The summed E-state index contributed by atoms with van der Waals surface area (Å²) in [6.45, 7) is -10.5. The first-order valence-corrected chi connectivity index (χ1v) is 8.77. The number of ether oxygens (including phenoxy) is 1. The normalized spacial score (nSPS) is 25.7. The van der Waals surface area contributed by atoms with Crippen LogP contribution in [0.1, 0.15) is 49.4 Å². The molecule has 1 aromatic carbocycles. The van der Waals surface area contributed by atoms with E-state index in [0.29, 0.717) is 6.29 Å². The zero-order chi connectivity index (χ0) is 28.6.